The molecule has 118 valence electrons. The minimum absolute atomic E-state index is 0.262. The van der Waals surface area contributed by atoms with Crippen LogP contribution in [0.25, 0.3) is 5.82 Å². The maximum absolute atomic E-state index is 12.9. The fraction of sp³-hybridized carbons (Fsp3) is 0.188. The van der Waals surface area contributed by atoms with E-state index in [0.29, 0.717) is 23.9 Å². The molecule has 0 spiro atoms. The van der Waals surface area contributed by atoms with Gasteiger partial charge in [-0.2, -0.15) is 5.10 Å². The number of halogens is 1. The fourth-order valence-corrected chi connectivity index (χ4v) is 2.33. The Morgan fingerprint density at radius 3 is 2.57 bits per heavy atom. The zero-order valence-electron chi connectivity index (χ0n) is 12.9. The summed E-state index contributed by atoms with van der Waals surface area (Å²) < 4.78 is 14.6. The molecule has 0 saturated heterocycles. The number of rotatable bonds is 4. The third kappa shape index (κ3) is 3.13. The maximum Gasteiger partial charge on any atom is 0.182 e. The Bertz CT molecular complexity index is 825. The maximum atomic E-state index is 12.9. The van der Waals surface area contributed by atoms with E-state index in [0.717, 1.165) is 17.0 Å². The summed E-state index contributed by atoms with van der Waals surface area (Å²) in [5.41, 5.74) is 9.35. The van der Waals surface area contributed by atoms with Crippen molar-refractivity contribution in [1.82, 2.24) is 19.7 Å². The highest BCUT2D eigenvalue weighted by Crippen LogP contribution is 2.23. The summed E-state index contributed by atoms with van der Waals surface area (Å²) in [6.07, 6.45) is 1.44. The Kier molecular flexibility index (Phi) is 3.92. The normalized spacial score (nSPS) is 10.7. The van der Waals surface area contributed by atoms with Crippen LogP contribution in [0.3, 0.4) is 0 Å². The Balaban J connectivity index is 1.85. The zero-order chi connectivity index (χ0) is 16.4. The second-order valence-electron chi connectivity index (χ2n) is 5.28. The first kappa shape index (κ1) is 15.0. The van der Waals surface area contributed by atoms with E-state index in [9.17, 15) is 4.39 Å². The van der Waals surface area contributed by atoms with E-state index in [4.69, 9.17) is 5.73 Å². The molecule has 2 heterocycles. The Hall–Kier alpha value is -2.96. The molecule has 0 aliphatic rings. The molecule has 0 bridgehead atoms. The zero-order valence-corrected chi connectivity index (χ0v) is 12.9. The van der Waals surface area contributed by atoms with Gasteiger partial charge in [0.1, 0.15) is 17.8 Å². The number of nitrogens with zero attached hydrogens (tertiary/aromatic N) is 4. The number of nitrogens with two attached hydrogens (primary N) is 1. The van der Waals surface area contributed by atoms with Crippen molar-refractivity contribution in [3.63, 3.8) is 0 Å². The number of nitrogens with one attached hydrogen (secondary N) is 1. The lowest BCUT2D eigenvalue weighted by molar-refractivity contribution is 0.627. The number of anilines is 2. The van der Waals surface area contributed by atoms with E-state index < -0.39 is 0 Å². The topological polar surface area (TPSA) is 81.7 Å². The number of aryl methyl sites for hydroxylation is 2. The summed E-state index contributed by atoms with van der Waals surface area (Å²) >= 11 is 0. The van der Waals surface area contributed by atoms with Gasteiger partial charge in [0.25, 0.3) is 0 Å². The third-order valence-corrected chi connectivity index (χ3v) is 3.45. The first-order valence-corrected chi connectivity index (χ1v) is 7.17. The lowest BCUT2D eigenvalue weighted by Crippen LogP contribution is -2.11. The second-order valence-corrected chi connectivity index (χ2v) is 5.28. The molecule has 1 aromatic carbocycles. The average Bonchev–Trinajstić information content (AvgIpc) is 2.86. The Morgan fingerprint density at radius 1 is 1.17 bits per heavy atom. The van der Waals surface area contributed by atoms with Crippen LogP contribution in [0.4, 0.5) is 15.9 Å². The highest BCUT2D eigenvalue weighted by Gasteiger charge is 2.12. The van der Waals surface area contributed by atoms with Crippen molar-refractivity contribution in [2.24, 2.45) is 0 Å². The van der Waals surface area contributed by atoms with E-state index in [1.54, 1.807) is 16.8 Å². The number of nitrogen functional groups attached to an aromatic ring is 1. The third-order valence-electron chi connectivity index (χ3n) is 3.45. The van der Waals surface area contributed by atoms with Crippen LogP contribution in [0.1, 0.15) is 17.0 Å². The molecular weight excluding hydrogens is 295 g/mol. The van der Waals surface area contributed by atoms with E-state index >= 15 is 0 Å². The van der Waals surface area contributed by atoms with E-state index in [2.05, 4.69) is 20.4 Å². The number of aromatic nitrogens is 4. The molecule has 0 radical (unpaired) electrons. The smallest absolute Gasteiger partial charge is 0.182 e. The minimum Gasteiger partial charge on any atom is -0.393 e. The van der Waals surface area contributed by atoms with Gasteiger partial charge in [-0.05, 0) is 37.6 Å². The van der Waals surface area contributed by atoms with Crippen LogP contribution >= 0.6 is 0 Å². The van der Waals surface area contributed by atoms with Gasteiger partial charge in [-0.1, -0.05) is 12.1 Å². The van der Waals surface area contributed by atoms with E-state index in [1.807, 2.05) is 19.9 Å². The predicted molar refractivity (Wildman–Crippen MR) is 86.8 cm³/mol. The number of benzene rings is 1. The largest absolute Gasteiger partial charge is 0.393 e. The van der Waals surface area contributed by atoms with Crippen LogP contribution < -0.4 is 11.1 Å². The van der Waals surface area contributed by atoms with Crippen molar-refractivity contribution in [2.75, 3.05) is 11.1 Å². The Morgan fingerprint density at radius 2 is 1.91 bits per heavy atom. The second kappa shape index (κ2) is 6.04. The Labute approximate surface area is 133 Å². The van der Waals surface area contributed by atoms with Gasteiger partial charge in [0.2, 0.25) is 0 Å². The van der Waals surface area contributed by atoms with Crippen molar-refractivity contribution >= 4 is 11.5 Å². The average molecular weight is 312 g/mol. The highest BCUT2D eigenvalue weighted by molar-refractivity contribution is 5.69. The van der Waals surface area contributed by atoms with Crippen LogP contribution in [0, 0.1) is 19.7 Å². The van der Waals surface area contributed by atoms with Crippen molar-refractivity contribution in [3.8, 4) is 5.82 Å². The summed E-state index contributed by atoms with van der Waals surface area (Å²) in [6.45, 7) is 4.33. The van der Waals surface area contributed by atoms with Crippen LogP contribution in [0.5, 0.6) is 0 Å². The van der Waals surface area contributed by atoms with Gasteiger partial charge in [0.15, 0.2) is 11.6 Å². The van der Waals surface area contributed by atoms with Crippen molar-refractivity contribution in [3.05, 3.63) is 59.4 Å². The van der Waals surface area contributed by atoms with E-state index in [1.165, 1.54) is 18.5 Å². The fourth-order valence-electron chi connectivity index (χ4n) is 2.33. The molecule has 0 fully saturated rings. The number of hydrogen-bond donors (Lipinski definition) is 2. The molecule has 7 heteroatoms. The van der Waals surface area contributed by atoms with Crippen molar-refractivity contribution < 1.29 is 4.39 Å². The predicted octanol–water partition coefficient (Wildman–Crippen LogP) is 2.61. The van der Waals surface area contributed by atoms with Crippen LogP contribution in [-0.4, -0.2) is 19.7 Å². The van der Waals surface area contributed by atoms with Gasteiger partial charge < -0.3 is 11.1 Å². The molecular formula is C16H17FN6. The van der Waals surface area contributed by atoms with Gasteiger partial charge in [-0.15, -0.1) is 0 Å². The monoisotopic (exact) mass is 312 g/mol. The first-order chi connectivity index (χ1) is 11.0. The lowest BCUT2D eigenvalue weighted by Gasteiger charge is -2.12. The standard InChI is InChI=1S/C16H17FN6/c1-10-7-11(2)23(22-10)16-14(18)15(20-9-21-16)19-8-12-3-5-13(17)6-4-12/h3-7,9H,8,18H2,1-2H3,(H,19,20,21). The highest BCUT2D eigenvalue weighted by atomic mass is 19.1. The molecule has 23 heavy (non-hydrogen) atoms. The summed E-state index contributed by atoms with van der Waals surface area (Å²) in [7, 11) is 0. The van der Waals surface area contributed by atoms with Crippen molar-refractivity contribution in [2.45, 2.75) is 20.4 Å². The lowest BCUT2D eigenvalue weighted by atomic mass is 10.2. The summed E-state index contributed by atoms with van der Waals surface area (Å²) in [4.78, 5) is 8.40. The van der Waals surface area contributed by atoms with Crippen LogP contribution in [-0.2, 0) is 6.54 Å². The molecule has 0 atom stereocenters. The van der Waals surface area contributed by atoms with Gasteiger partial charge in [0.05, 0.1) is 5.69 Å². The molecule has 2 aromatic heterocycles. The molecule has 0 unspecified atom stereocenters. The van der Waals surface area contributed by atoms with Crippen molar-refractivity contribution in [1.29, 1.82) is 0 Å². The summed E-state index contributed by atoms with van der Waals surface area (Å²) in [5.74, 6) is 0.793. The summed E-state index contributed by atoms with van der Waals surface area (Å²) in [6, 6.07) is 8.21. The molecule has 0 saturated carbocycles. The molecule has 6 nitrogen and oxygen atoms in total. The summed E-state index contributed by atoms with van der Waals surface area (Å²) in [5, 5.41) is 7.53. The first-order valence-electron chi connectivity index (χ1n) is 7.17. The molecule has 3 N–H and O–H groups in total. The quantitative estimate of drug-likeness (QED) is 0.774. The van der Waals surface area contributed by atoms with Gasteiger partial charge in [-0.3, -0.25) is 0 Å². The SMILES string of the molecule is Cc1cc(C)n(-c2ncnc(NCc3ccc(F)cc3)c2N)n1. The van der Waals surface area contributed by atoms with Gasteiger partial charge in [-0.25, -0.2) is 19.0 Å². The molecule has 0 aliphatic heterocycles. The minimum atomic E-state index is -0.262. The molecule has 0 amide bonds. The molecule has 0 aliphatic carbocycles. The van der Waals surface area contributed by atoms with Gasteiger partial charge >= 0.3 is 0 Å². The van der Waals surface area contributed by atoms with Crippen LogP contribution in [0.15, 0.2) is 36.7 Å². The van der Waals surface area contributed by atoms with E-state index in [-0.39, 0.29) is 5.82 Å². The number of hydrogen-bond acceptors (Lipinski definition) is 5. The molecule has 3 aromatic rings. The molecule has 3 rings (SSSR count). The van der Waals surface area contributed by atoms with Gasteiger partial charge in [0, 0.05) is 12.2 Å². The van der Waals surface area contributed by atoms with Crippen LogP contribution in [0.2, 0.25) is 0 Å².